The van der Waals surface area contributed by atoms with Crippen LogP contribution in [0.25, 0.3) is 0 Å². The summed E-state index contributed by atoms with van der Waals surface area (Å²) in [6.07, 6.45) is 3.80. The zero-order chi connectivity index (χ0) is 6.53. The third-order valence-electron chi connectivity index (χ3n) is 1.85. The number of likely N-dealkylation sites (tertiary alicyclic amines) is 1. The maximum absolute atomic E-state index is 6.94. The molecule has 2 heteroatoms. The van der Waals surface area contributed by atoms with Crippen LogP contribution >= 0.6 is 0 Å². The van der Waals surface area contributed by atoms with E-state index >= 15 is 0 Å². The fraction of sp³-hybridized carbons (Fsp3) is 1.00. The molecule has 9 heavy (non-hydrogen) atoms. The molecule has 1 heterocycles. The Morgan fingerprint density at radius 2 is 1.89 bits per heavy atom. The van der Waals surface area contributed by atoms with Crippen LogP contribution in [0.15, 0.2) is 0 Å². The van der Waals surface area contributed by atoms with Crippen molar-refractivity contribution in [2.75, 3.05) is 26.2 Å². The Balaban J connectivity index is 1.98. The van der Waals surface area contributed by atoms with Crippen LogP contribution < -0.4 is 5.73 Å². The lowest BCUT2D eigenvalue weighted by Crippen LogP contribution is -2.21. The molecular weight excluding hydrogens is 112 g/mol. The Labute approximate surface area is 57.0 Å². The van der Waals surface area contributed by atoms with Crippen LogP contribution in [0.1, 0.15) is 19.3 Å². The van der Waals surface area contributed by atoms with Crippen molar-refractivity contribution in [1.82, 2.24) is 10.6 Å². The first-order valence-electron chi connectivity index (χ1n) is 3.80. The van der Waals surface area contributed by atoms with E-state index in [-0.39, 0.29) is 0 Å². The molecule has 0 aromatic carbocycles. The lowest BCUT2D eigenvalue weighted by atomic mass is 10.4. The third-order valence-corrected chi connectivity index (χ3v) is 1.85. The first-order valence-corrected chi connectivity index (χ1v) is 3.80. The van der Waals surface area contributed by atoms with E-state index in [1.165, 1.54) is 25.9 Å². The van der Waals surface area contributed by atoms with Gasteiger partial charge in [-0.3, -0.25) is 5.73 Å². The average molecular weight is 127 g/mol. The minimum absolute atomic E-state index is 0.594. The SMILES string of the molecule is [NH]CCCN1CCCC1. The highest BCUT2D eigenvalue weighted by Gasteiger charge is 2.09. The monoisotopic (exact) mass is 127 g/mol. The van der Waals surface area contributed by atoms with Crippen LogP contribution in [0.4, 0.5) is 0 Å². The molecule has 0 unspecified atom stereocenters. The largest absolute Gasteiger partial charge is 0.303 e. The second-order valence-electron chi connectivity index (χ2n) is 2.65. The van der Waals surface area contributed by atoms with Gasteiger partial charge in [-0.1, -0.05) is 0 Å². The predicted octanol–water partition coefficient (Wildman–Crippen LogP) is 0.755. The van der Waals surface area contributed by atoms with Crippen molar-refractivity contribution in [1.29, 1.82) is 0 Å². The van der Waals surface area contributed by atoms with Gasteiger partial charge >= 0.3 is 0 Å². The summed E-state index contributed by atoms with van der Waals surface area (Å²) in [4.78, 5) is 2.45. The Bertz CT molecular complexity index is 67.3. The molecule has 1 aliphatic heterocycles. The highest BCUT2D eigenvalue weighted by molar-refractivity contribution is 4.65. The summed E-state index contributed by atoms with van der Waals surface area (Å²) in [5.74, 6) is 0. The maximum Gasteiger partial charge on any atom is 0.0112 e. The molecule has 0 aromatic heterocycles. The van der Waals surface area contributed by atoms with Gasteiger partial charge in [0.05, 0.1) is 0 Å². The first-order chi connectivity index (χ1) is 4.43. The highest BCUT2D eigenvalue weighted by Crippen LogP contribution is 2.06. The highest BCUT2D eigenvalue weighted by atomic mass is 15.1. The second kappa shape index (κ2) is 3.85. The molecule has 0 atom stereocenters. The topological polar surface area (TPSA) is 27.0 Å². The molecule has 1 saturated heterocycles. The van der Waals surface area contributed by atoms with E-state index in [1.54, 1.807) is 0 Å². The molecule has 1 N–H and O–H groups in total. The molecule has 0 saturated carbocycles. The fourth-order valence-electron chi connectivity index (χ4n) is 1.31. The van der Waals surface area contributed by atoms with E-state index in [0.717, 1.165) is 13.0 Å². The third kappa shape index (κ3) is 2.33. The van der Waals surface area contributed by atoms with Crippen molar-refractivity contribution in [3.05, 3.63) is 0 Å². The summed E-state index contributed by atoms with van der Waals surface area (Å²) in [7, 11) is 0. The smallest absolute Gasteiger partial charge is 0.0112 e. The fourth-order valence-corrected chi connectivity index (χ4v) is 1.31. The number of hydrogen-bond donors (Lipinski definition) is 0. The molecule has 53 valence electrons. The number of nitrogens with zero attached hydrogens (tertiary/aromatic N) is 1. The van der Waals surface area contributed by atoms with Gasteiger partial charge in [0, 0.05) is 6.54 Å². The molecule has 1 radical (unpaired) electrons. The minimum atomic E-state index is 0.594. The van der Waals surface area contributed by atoms with Gasteiger partial charge < -0.3 is 4.90 Å². The summed E-state index contributed by atoms with van der Waals surface area (Å²) in [6.45, 7) is 4.31. The molecule has 1 aliphatic rings. The molecule has 0 spiro atoms. The molecule has 0 bridgehead atoms. The normalized spacial score (nSPS) is 21.0. The summed E-state index contributed by atoms with van der Waals surface area (Å²) in [6, 6.07) is 0. The zero-order valence-electron chi connectivity index (χ0n) is 5.90. The quantitative estimate of drug-likeness (QED) is 0.549. The second-order valence-corrected chi connectivity index (χ2v) is 2.65. The Morgan fingerprint density at radius 3 is 2.44 bits per heavy atom. The Kier molecular flexibility index (Phi) is 3.01. The van der Waals surface area contributed by atoms with Gasteiger partial charge in [-0.25, -0.2) is 0 Å². The van der Waals surface area contributed by atoms with Gasteiger partial charge in [0.15, 0.2) is 0 Å². The van der Waals surface area contributed by atoms with Gasteiger partial charge in [-0.15, -0.1) is 0 Å². The Morgan fingerprint density at radius 1 is 1.22 bits per heavy atom. The van der Waals surface area contributed by atoms with Gasteiger partial charge in [-0.05, 0) is 38.9 Å². The van der Waals surface area contributed by atoms with Crippen LogP contribution in [0, 0.1) is 0 Å². The van der Waals surface area contributed by atoms with E-state index in [2.05, 4.69) is 4.90 Å². The van der Waals surface area contributed by atoms with Crippen LogP contribution in [0.2, 0.25) is 0 Å². The van der Waals surface area contributed by atoms with E-state index in [9.17, 15) is 0 Å². The van der Waals surface area contributed by atoms with E-state index < -0.39 is 0 Å². The van der Waals surface area contributed by atoms with Crippen LogP contribution in [0.3, 0.4) is 0 Å². The van der Waals surface area contributed by atoms with E-state index in [1.807, 2.05) is 0 Å². The molecule has 0 amide bonds. The Hall–Kier alpha value is -0.0800. The summed E-state index contributed by atoms with van der Waals surface area (Å²) in [5, 5.41) is 0. The minimum Gasteiger partial charge on any atom is -0.303 e. The van der Waals surface area contributed by atoms with Gasteiger partial charge in [-0.2, -0.15) is 0 Å². The number of rotatable bonds is 3. The predicted molar refractivity (Wildman–Crippen MR) is 38.3 cm³/mol. The van der Waals surface area contributed by atoms with Crippen molar-refractivity contribution in [3.8, 4) is 0 Å². The lowest BCUT2D eigenvalue weighted by molar-refractivity contribution is 0.335. The van der Waals surface area contributed by atoms with Crippen molar-refractivity contribution < 1.29 is 0 Å². The molecule has 1 fully saturated rings. The lowest BCUT2D eigenvalue weighted by Gasteiger charge is -2.12. The van der Waals surface area contributed by atoms with E-state index in [4.69, 9.17) is 5.73 Å². The van der Waals surface area contributed by atoms with Gasteiger partial charge in [0.25, 0.3) is 0 Å². The van der Waals surface area contributed by atoms with Crippen molar-refractivity contribution in [3.63, 3.8) is 0 Å². The maximum atomic E-state index is 6.94. The van der Waals surface area contributed by atoms with Crippen molar-refractivity contribution in [2.24, 2.45) is 0 Å². The molecule has 1 rings (SSSR count). The number of nitrogens with one attached hydrogen (secondary N) is 1. The van der Waals surface area contributed by atoms with Crippen LogP contribution in [-0.2, 0) is 0 Å². The van der Waals surface area contributed by atoms with Crippen molar-refractivity contribution in [2.45, 2.75) is 19.3 Å². The average Bonchev–Trinajstić information content (AvgIpc) is 2.34. The van der Waals surface area contributed by atoms with Crippen LogP contribution in [0.5, 0.6) is 0 Å². The van der Waals surface area contributed by atoms with E-state index in [0.29, 0.717) is 6.54 Å². The number of hydrogen-bond acceptors (Lipinski definition) is 1. The van der Waals surface area contributed by atoms with Gasteiger partial charge in [0.2, 0.25) is 0 Å². The summed E-state index contributed by atoms with van der Waals surface area (Å²) in [5.41, 5.74) is 6.94. The summed E-state index contributed by atoms with van der Waals surface area (Å²) < 4.78 is 0. The molecule has 2 nitrogen and oxygen atoms in total. The molecular formula is C7H15N2. The standard InChI is InChI=1S/C7H15N2/c8-4-3-7-9-5-1-2-6-9/h8H,1-7H2. The molecule has 0 aliphatic carbocycles. The zero-order valence-corrected chi connectivity index (χ0v) is 5.90. The van der Waals surface area contributed by atoms with Crippen LogP contribution in [-0.4, -0.2) is 31.1 Å². The summed E-state index contributed by atoms with van der Waals surface area (Å²) >= 11 is 0. The first kappa shape index (κ1) is 7.03. The molecule has 0 aromatic rings. The van der Waals surface area contributed by atoms with Gasteiger partial charge in [0.1, 0.15) is 0 Å². The van der Waals surface area contributed by atoms with Crippen molar-refractivity contribution >= 4 is 0 Å².